The largest absolute Gasteiger partial charge is 0.352 e. The van der Waals surface area contributed by atoms with Crippen LogP contribution in [-0.2, 0) is 12.8 Å². The van der Waals surface area contributed by atoms with Crippen molar-refractivity contribution in [2.24, 2.45) is 7.05 Å². The number of hydrogen-bond acceptors (Lipinski definition) is 4. The van der Waals surface area contributed by atoms with Crippen LogP contribution >= 0.6 is 11.8 Å². The zero-order valence-corrected chi connectivity index (χ0v) is 14.8. The zero-order chi connectivity index (χ0) is 16.7. The first-order valence-corrected chi connectivity index (χ1v) is 8.67. The first-order chi connectivity index (χ1) is 11.1. The van der Waals surface area contributed by atoms with Crippen LogP contribution in [0, 0.1) is 0 Å². The third-order valence-corrected chi connectivity index (χ3v) is 4.56. The average Bonchev–Trinajstić information content (AvgIpc) is 2.95. The summed E-state index contributed by atoms with van der Waals surface area (Å²) in [6, 6.07) is 7.78. The van der Waals surface area contributed by atoms with E-state index in [1.807, 2.05) is 56.2 Å². The number of carbonyl (C=O) groups excluding carboxylic acids is 1. The van der Waals surface area contributed by atoms with Gasteiger partial charge >= 0.3 is 0 Å². The van der Waals surface area contributed by atoms with E-state index in [4.69, 9.17) is 0 Å². The highest BCUT2D eigenvalue weighted by atomic mass is 32.2. The molecule has 1 aromatic carbocycles. The first kappa shape index (κ1) is 17.6. The molecule has 0 aliphatic heterocycles. The lowest BCUT2D eigenvalue weighted by Crippen LogP contribution is -2.27. The van der Waals surface area contributed by atoms with Crippen molar-refractivity contribution in [3.8, 4) is 0 Å². The topological polar surface area (TPSA) is 50.2 Å². The molecule has 5 nitrogen and oxygen atoms in total. The number of carbonyl (C=O) groups is 1. The minimum absolute atomic E-state index is 0.00735. The van der Waals surface area contributed by atoms with Crippen molar-refractivity contribution in [1.29, 1.82) is 0 Å². The second-order valence-corrected chi connectivity index (χ2v) is 6.66. The number of aromatic nitrogens is 2. The van der Waals surface area contributed by atoms with Crippen LogP contribution in [0.4, 0.5) is 0 Å². The Morgan fingerprint density at radius 3 is 2.65 bits per heavy atom. The normalized spacial score (nSPS) is 11.0. The lowest BCUT2D eigenvalue weighted by molar-refractivity contribution is 0.0952. The lowest BCUT2D eigenvalue weighted by atomic mass is 10.1. The van der Waals surface area contributed by atoms with Crippen molar-refractivity contribution >= 4 is 17.7 Å². The van der Waals surface area contributed by atoms with Crippen LogP contribution in [0.5, 0.6) is 0 Å². The molecule has 0 saturated heterocycles. The molecule has 0 bridgehead atoms. The maximum Gasteiger partial charge on any atom is 0.251 e. The van der Waals surface area contributed by atoms with Crippen LogP contribution < -0.4 is 5.32 Å². The quantitative estimate of drug-likeness (QED) is 0.596. The van der Waals surface area contributed by atoms with Crippen molar-refractivity contribution in [3.05, 3.63) is 47.8 Å². The summed E-state index contributed by atoms with van der Waals surface area (Å²) >= 11 is 1.69. The third-order valence-electron chi connectivity index (χ3n) is 3.43. The monoisotopic (exact) mass is 332 g/mol. The molecule has 0 atom stereocenters. The van der Waals surface area contributed by atoms with E-state index in [-0.39, 0.29) is 5.91 Å². The second kappa shape index (κ2) is 8.74. The number of imidazole rings is 1. The summed E-state index contributed by atoms with van der Waals surface area (Å²) < 4.78 is 2.00. The van der Waals surface area contributed by atoms with Crippen LogP contribution in [0.2, 0.25) is 0 Å². The van der Waals surface area contributed by atoms with Gasteiger partial charge in [-0.2, -0.15) is 0 Å². The Hall–Kier alpha value is -1.79. The molecule has 23 heavy (non-hydrogen) atoms. The van der Waals surface area contributed by atoms with E-state index in [0.717, 1.165) is 23.9 Å². The highest BCUT2D eigenvalue weighted by Gasteiger charge is 2.06. The van der Waals surface area contributed by atoms with Crippen LogP contribution in [0.15, 0.2) is 41.8 Å². The van der Waals surface area contributed by atoms with Gasteiger partial charge in [0.2, 0.25) is 0 Å². The second-order valence-electron chi connectivity index (χ2n) is 5.72. The zero-order valence-electron chi connectivity index (χ0n) is 14.0. The van der Waals surface area contributed by atoms with E-state index in [9.17, 15) is 4.79 Å². The van der Waals surface area contributed by atoms with E-state index < -0.39 is 0 Å². The van der Waals surface area contributed by atoms with E-state index in [2.05, 4.69) is 15.2 Å². The highest BCUT2D eigenvalue weighted by Crippen LogP contribution is 2.20. The van der Waals surface area contributed by atoms with Crippen LogP contribution in [0.3, 0.4) is 0 Å². The standard InChI is InChI=1S/C17H24N4OS/c1-20(2)11-4-9-18-16(22)15-7-5-14(6-8-15)13-23-17-19-10-12-21(17)3/h5-8,10,12H,4,9,11,13H2,1-3H3,(H,18,22). The average molecular weight is 332 g/mol. The molecule has 124 valence electrons. The number of thioether (sulfide) groups is 1. The molecule has 0 unspecified atom stereocenters. The number of nitrogens with one attached hydrogen (secondary N) is 1. The number of amides is 1. The Bertz CT molecular complexity index is 622. The Kier molecular flexibility index (Phi) is 6.67. The molecule has 2 aromatic rings. The number of hydrogen-bond donors (Lipinski definition) is 1. The van der Waals surface area contributed by atoms with Crippen molar-refractivity contribution in [2.75, 3.05) is 27.2 Å². The maximum absolute atomic E-state index is 12.0. The Morgan fingerprint density at radius 1 is 1.30 bits per heavy atom. The van der Waals surface area contributed by atoms with Crippen molar-refractivity contribution in [3.63, 3.8) is 0 Å². The molecule has 2 rings (SSSR count). The Balaban J connectivity index is 1.79. The molecular formula is C17H24N4OS. The molecule has 0 aliphatic rings. The van der Waals surface area contributed by atoms with Crippen LogP contribution in [0.25, 0.3) is 0 Å². The summed E-state index contributed by atoms with van der Waals surface area (Å²) in [5, 5.41) is 3.94. The van der Waals surface area contributed by atoms with Gasteiger partial charge in [0.15, 0.2) is 5.16 Å². The van der Waals surface area contributed by atoms with E-state index in [1.54, 1.807) is 18.0 Å². The molecule has 0 saturated carbocycles. The third kappa shape index (κ3) is 5.73. The van der Waals surface area contributed by atoms with Gasteiger partial charge in [-0.1, -0.05) is 23.9 Å². The smallest absolute Gasteiger partial charge is 0.251 e. The molecule has 6 heteroatoms. The predicted octanol–water partition coefficient (Wildman–Crippen LogP) is 2.39. The summed E-state index contributed by atoms with van der Waals surface area (Å²) in [6.07, 6.45) is 4.69. The van der Waals surface area contributed by atoms with E-state index >= 15 is 0 Å². The van der Waals surface area contributed by atoms with Crippen LogP contribution in [-0.4, -0.2) is 47.5 Å². The van der Waals surface area contributed by atoms with Crippen molar-refractivity contribution in [1.82, 2.24) is 19.8 Å². The van der Waals surface area contributed by atoms with E-state index in [0.29, 0.717) is 12.1 Å². The predicted molar refractivity (Wildman–Crippen MR) is 94.7 cm³/mol. The minimum atomic E-state index is -0.00735. The summed E-state index contributed by atoms with van der Waals surface area (Å²) in [5.74, 6) is 0.835. The molecule has 0 radical (unpaired) electrons. The SMILES string of the molecule is CN(C)CCCNC(=O)c1ccc(CSc2nccn2C)cc1. The van der Waals surface area contributed by atoms with Gasteiger partial charge in [0.25, 0.3) is 5.91 Å². The summed E-state index contributed by atoms with van der Waals surface area (Å²) in [4.78, 5) is 18.4. The van der Waals surface area contributed by atoms with Gasteiger partial charge in [0.1, 0.15) is 0 Å². The summed E-state index contributed by atoms with van der Waals surface area (Å²) in [7, 11) is 6.05. The molecule has 1 heterocycles. The molecule has 0 spiro atoms. The lowest BCUT2D eigenvalue weighted by Gasteiger charge is -2.10. The summed E-state index contributed by atoms with van der Waals surface area (Å²) in [6.45, 7) is 1.68. The van der Waals surface area contributed by atoms with Crippen LogP contribution in [0.1, 0.15) is 22.3 Å². The molecular weight excluding hydrogens is 308 g/mol. The van der Waals surface area contributed by atoms with E-state index in [1.165, 1.54) is 5.56 Å². The van der Waals surface area contributed by atoms with Gasteiger partial charge < -0.3 is 14.8 Å². The Labute approximate surface area is 142 Å². The maximum atomic E-state index is 12.0. The fourth-order valence-corrected chi connectivity index (χ4v) is 2.98. The molecule has 1 aromatic heterocycles. The fourth-order valence-electron chi connectivity index (χ4n) is 2.09. The van der Waals surface area contributed by atoms with Crippen molar-refractivity contribution in [2.45, 2.75) is 17.3 Å². The minimum Gasteiger partial charge on any atom is -0.352 e. The number of benzene rings is 1. The molecule has 0 aliphatic carbocycles. The Morgan fingerprint density at radius 2 is 2.04 bits per heavy atom. The number of rotatable bonds is 8. The number of nitrogens with zero attached hydrogens (tertiary/aromatic N) is 3. The highest BCUT2D eigenvalue weighted by molar-refractivity contribution is 7.98. The first-order valence-electron chi connectivity index (χ1n) is 7.68. The van der Waals surface area contributed by atoms with Gasteiger partial charge in [0.05, 0.1) is 0 Å². The van der Waals surface area contributed by atoms with Gasteiger partial charge in [-0.15, -0.1) is 0 Å². The number of aryl methyl sites for hydroxylation is 1. The van der Waals surface area contributed by atoms with Gasteiger partial charge in [-0.3, -0.25) is 4.79 Å². The summed E-state index contributed by atoms with van der Waals surface area (Å²) in [5.41, 5.74) is 1.89. The van der Waals surface area contributed by atoms with Gasteiger partial charge in [-0.05, 0) is 44.8 Å². The molecule has 1 N–H and O–H groups in total. The van der Waals surface area contributed by atoms with Crippen molar-refractivity contribution < 1.29 is 4.79 Å². The fraction of sp³-hybridized carbons (Fsp3) is 0.412. The van der Waals surface area contributed by atoms with Gasteiger partial charge in [0, 0.05) is 37.3 Å². The molecule has 1 amide bonds. The molecule has 0 fully saturated rings. The van der Waals surface area contributed by atoms with Gasteiger partial charge in [-0.25, -0.2) is 4.98 Å².